The van der Waals surface area contributed by atoms with Gasteiger partial charge in [-0.25, -0.2) is 9.97 Å². The summed E-state index contributed by atoms with van der Waals surface area (Å²) in [4.78, 5) is 22.1. The van der Waals surface area contributed by atoms with Crippen LogP contribution in [0.5, 0.6) is 0 Å². The number of anilines is 1. The van der Waals surface area contributed by atoms with E-state index in [1.54, 1.807) is 6.20 Å². The zero-order valence-corrected chi connectivity index (χ0v) is 11.8. The predicted molar refractivity (Wildman–Crippen MR) is 75.0 cm³/mol. The summed E-state index contributed by atoms with van der Waals surface area (Å²) in [5, 5.41) is 12.1. The molecule has 1 aromatic heterocycles. The molecular weight excluding hydrogens is 254 g/mol. The maximum Gasteiger partial charge on any atom is 0.222 e. The molecular formula is C14H19N5O. The highest BCUT2D eigenvalue weighted by molar-refractivity contribution is 5.78. The van der Waals surface area contributed by atoms with Gasteiger partial charge < -0.3 is 10.2 Å². The molecule has 6 heteroatoms. The summed E-state index contributed by atoms with van der Waals surface area (Å²) < 4.78 is 0. The van der Waals surface area contributed by atoms with Crippen molar-refractivity contribution < 1.29 is 4.79 Å². The molecule has 1 N–H and O–H groups in total. The second kappa shape index (κ2) is 6.33. The highest BCUT2D eigenvalue weighted by Gasteiger charge is 2.24. The van der Waals surface area contributed by atoms with Crippen molar-refractivity contribution in [2.75, 3.05) is 18.0 Å². The van der Waals surface area contributed by atoms with Gasteiger partial charge >= 0.3 is 0 Å². The fourth-order valence-corrected chi connectivity index (χ4v) is 2.30. The Bertz CT molecular complexity index is 523. The van der Waals surface area contributed by atoms with E-state index in [1.165, 1.54) is 6.20 Å². The van der Waals surface area contributed by atoms with E-state index in [4.69, 9.17) is 5.26 Å². The number of nitriles is 1. The Kier molecular flexibility index (Phi) is 4.51. The molecule has 1 fully saturated rings. The number of hydrogen-bond acceptors (Lipinski definition) is 5. The average Bonchev–Trinajstić information content (AvgIpc) is 2.47. The second-order valence-corrected chi connectivity index (χ2v) is 5.29. The first kappa shape index (κ1) is 14.3. The van der Waals surface area contributed by atoms with Crippen molar-refractivity contribution in [3.05, 3.63) is 18.1 Å². The maximum absolute atomic E-state index is 11.8. The van der Waals surface area contributed by atoms with Crippen LogP contribution in [0.2, 0.25) is 0 Å². The fraction of sp³-hybridized carbons (Fsp3) is 0.571. The number of hydrogen-bond donors (Lipinski definition) is 1. The summed E-state index contributed by atoms with van der Waals surface area (Å²) in [6.45, 7) is 5.27. The van der Waals surface area contributed by atoms with Gasteiger partial charge in [-0.15, -0.1) is 0 Å². The standard InChI is InChI=1S/C14H19N5O/c1-10(2)14(20)18-11-4-3-7-19(9-11)13-12(8-15)16-5-6-17-13/h5-6,10-11H,3-4,7,9H2,1-2H3,(H,18,20). The quantitative estimate of drug-likeness (QED) is 0.891. The van der Waals surface area contributed by atoms with Crippen molar-refractivity contribution in [2.45, 2.75) is 32.7 Å². The molecule has 6 nitrogen and oxygen atoms in total. The number of aromatic nitrogens is 2. The van der Waals surface area contributed by atoms with Gasteiger partial charge in [0, 0.05) is 37.4 Å². The Hall–Kier alpha value is -2.16. The van der Waals surface area contributed by atoms with E-state index in [0.29, 0.717) is 18.1 Å². The van der Waals surface area contributed by atoms with Crippen molar-refractivity contribution in [3.63, 3.8) is 0 Å². The van der Waals surface area contributed by atoms with Gasteiger partial charge in [-0.1, -0.05) is 13.8 Å². The number of rotatable bonds is 3. The third-order valence-corrected chi connectivity index (χ3v) is 3.38. The minimum absolute atomic E-state index is 0.0171. The van der Waals surface area contributed by atoms with Crippen LogP contribution in [0.1, 0.15) is 32.4 Å². The topological polar surface area (TPSA) is 81.9 Å². The normalized spacial score (nSPS) is 18.7. The predicted octanol–water partition coefficient (Wildman–Crippen LogP) is 1.09. The van der Waals surface area contributed by atoms with Crippen molar-refractivity contribution >= 4 is 11.7 Å². The van der Waals surface area contributed by atoms with Gasteiger partial charge in [-0.05, 0) is 12.8 Å². The average molecular weight is 273 g/mol. The van der Waals surface area contributed by atoms with Crippen LogP contribution in [0.3, 0.4) is 0 Å². The molecule has 0 spiro atoms. The molecule has 20 heavy (non-hydrogen) atoms. The van der Waals surface area contributed by atoms with E-state index in [2.05, 4.69) is 21.4 Å². The van der Waals surface area contributed by atoms with Crippen molar-refractivity contribution in [3.8, 4) is 6.07 Å². The third-order valence-electron chi connectivity index (χ3n) is 3.38. The molecule has 2 heterocycles. The Morgan fingerprint density at radius 1 is 1.50 bits per heavy atom. The molecule has 1 aromatic rings. The summed E-state index contributed by atoms with van der Waals surface area (Å²) in [6, 6.07) is 2.17. The monoisotopic (exact) mass is 273 g/mol. The zero-order valence-electron chi connectivity index (χ0n) is 11.8. The first-order valence-electron chi connectivity index (χ1n) is 6.88. The summed E-state index contributed by atoms with van der Waals surface area (Å²) in [5.74, 6) is 0.659. The summed E-state index contributed by atoms with van der Waals surface area (Å²) in [5.41, 5.74) is 0.336. The SMILES string of the molecule is CC(C)C(=O)NC1CCCN(c2nccnc2C#N)C1. The van der Waals surface area contributed by atoms with Crippen LogP contribution in [-0.4, -0.2) is 35.0 Å². The first-order chi connectivity index (χ1) is 9.61. The van der Waals surface area contributed by atoms with E-state index in [-0.39, 0.29) is 17.9 Å². The zero-order chi connectivity index (χ0) is 14.5. The van der Waals surface area contributed by atoms with Crippen LogP contribution in [0.25, 0.3) is 0 Å². The molecule has 0 saturated carbocycles. The summed E-state index contributed by atoms with van der Waals surface area (Å²) >= 11 is 0. The lowest BCUT2D eigenvalue weighted by molar-refractivity contribution is -0.124. The third kappa shape index (κ3) is 3.23. The molecule has 0 bridgehead atoms. The Labute approximate surface area is 118 Å². The summed E-state index contributed by atoms with van der Waals surface area (Å²) in [6.07, 6.45) is 5.03. The molecule has 0 radical (unpaired) electrons. The van der Waals surface area contributed by atoms with Crippen molar-refractivity contribution in [1.82, 2.24) is 15.3 Å². The van der Waals surface area contributed by atoms with Gasteiger partial charge in [-0.2, -0.15) is 5.26 Å². The van der Waals surface area contributed by atoms with Crippen molar-refractivity contribution in [2.24, 2.45) is 5.92 Å². The molecule has 1 atom stereocenters. The smallest absolute Gasteiger partial charge is 0.222 e. The lowest BCUT2D eigenvalue weighted by Crippen LogP contribution is -2.49. The van der Waals surface area contributed by atoms with E-state index >= 15 is 0 Å². The molecule has 1 aliphatic rings. The molecule has 1 aliphatic heterocycles. The second-order valence-electron chi connectivity index (χ2n) is 5.29. The lowest BCUT2D eigenvalue weighted by atomic mass is 10.0. The number of nitrogens with one attached hydrogen (secondary N) is 1. The van der Waals surface area contributed by atoms with Crippen LogP contribution in [-0.2, 0) is 4.79 Å². The lowest BCUT2D eigenvalue weighted by Gasteiger charge is -2.34. The van der Waals surface area contributed by atoms with E-state index in [0.717, 1.165) is 19.4 Å². The Balaban J connectivity index is 2.07. The van der Waals surface area contributed by atoms with Gasteiger partial charge in [0.1, 0.15) is 6.07 Å². The molecule has 2 rings (SSSR count). The number of carbonyl (C=O) groups is 1. The highest BCUT2D eigenvalue weighted by atomic mass is 16.1. The van der Waals surface area contributed by atoms with Crippen molar-refractivity contribution in [1.29, 1.82) is 5.26 Å². The number of piperidine rings is 1. The van der Waals surface area contributed by atoms with Crippen LogP contribution >= 0.6 is 0 Å². The van der Waals surface area contributed by atoms with Crippen LogP contribution in [0.15, 0.2) is 12.4 Å². The largest absolute Gasteiger partial charge is 0.352 e. The van der Waals surface area contributed by atoms with Crippen LogP contribution in [0.4, 0.5) is 5.82 Å². The number of amides is 1. The number of carbonyl (C=O) groups excluding carboxylic acids is 1. The summed E-state index contributed by atoms with van der Waals surface area (Å²) in [7, 11) is 0. The van der Waals surface area contributed by atoms with Gasteiger partial charge in [-0.3, -0.25) is 4.79 Å². The minimum Gasteiger partial charge on any atom is -0.352 e. The fourth-order valence-electron chi connectivity index (χ4n) is 2.30. The Morgan fingerprint density at radius 2 is 2.25 bits per heavy atom. The molecule has 1 unspecified atom stereocenters. The van der Waals surface area contributed by atoms with Crippen LogP contribution in [0, 0.1) is 17.2 Å². The van der Waals surface area contributed by atoms with E-state index < -0.39 is 0 Å². The molecule has 1 amide bonds. The van der Waals surface area contributed by atoms with E-state index in [1.807, 2.05) is 18.7 Å². The van der Waals surface area contributed by atoms with Gasteiger partial charge in [0.2, 0.25) is 5.91 Å². The van der Waals surface area contributed by atoms with Gasteiger partial charge in [0.25, 0.3) is 0 Å². The highest BCUT2D eigenvalue weighted by Crippen LogP contribution is 2.20. The Morgan fingerprint density at radius 3 is 2.95 bits per heavy atom. The number of nitrogens with zero attached hydrogens (tertiary/aromatic N) is 4. The molecule has 106 valence electrons. The van der Waals surface area contributed by atoms with Crippen LogP contribution < -0.4 is 10.2 Å². The van der Waals surface area contributed by atoms with E-state index in [9.17, 15) is 4.79 Å². The first-order valence-corrected chi connectivity index (χ1v) is 6.88. The molecule has 1 saturated heterocycles. The van der Waals surface area contributed by atoms with Gasteiger partial charge in [0.05, 0.1) is 0 Å². The van der Waals surface area contributed by atoms with Gasteiger partial charge in [0.15, 0.2) is 11.5 Å². The molecule has 0 aliphatic carbocycles. The maximum atomic E-state index is 11.8. The molecule has 0 aromatic carbocycles. The minimum atomic E-state index is -0.0171.